The van der Waals surface area contributed by atoms with Crippen LogP contribution in [0.5, 0.6) is 0 Å². The molecule has 0 aliphatic carbocycles. The largest absolute Gasteiger partial charge is 0.367 e. The third kappa shape index (κ3) is 4.63. The van der Waals surface area contributed by atoms with E-state index in [1.54, 1.807) is 0 Å². The maximum atomic E-state index is 4.27. The Kier molecular flexibility index (Phi) is 5.52. The summed E-state index contributed by atoms with van der Waals surface area (Å²) in [5.41, 5.74) is 0. The van der Waals surface area contributed by atoms with Crippen LogP contribution in [-0.4, -0.2) is 11.0 Å². The van der Waals surface area contributed by atoms with Gasteiger partial charge in [0.2, 0.25) is 0 Å². The van der Waals surface area contributed by atoms with Crippen molar-refractivity contribution in [2.45, 2.75) is 38.6 Å². The normalized spacial score (nSPS) is 12.1. The molecule has 2 nitrogen and oxygen atoms in total. The first-order valence-electron chi connectivity index (χ1n) is 5.65. The van der Waals surface area contributed by atoms with Gasteiger partial charge in [0.15, 0.2) is 0 Å². The Labute approximate surface area is 92.4 Å². The molecule has 1 rings (SSSR count). The van der Waals surface area contributed by atoms with E-state index in [0.29, 0.717) is 6.04 Å². The van der Waals surface area contributed by atoms with Gasteiger partial charge in [-0.2, -0.15) is 0 Å². The molecule has 0 saturated heterocycles. The topological polar surface area (TPSA) is 24.9 Å². The van der Waals surface area contributed by atoms with Crippen molar-refractivity contribution in [2.75, 3.05) is 5.32 Å². The van der Waals surface area contributed by atoms with Gasteiger partial charge in [-0.05, 0) is 31.4 Å². The van der Waals surface area contributed by atoms with Crippen molar-refractivity contribution in [3.8, 4) is 0 Å². The predicted octanol–water partition coefficient (Wildman–Crippen LogP) is 3.63. The average Bonchev–Trinajstić information content (AvgIpc) is 2.28. The number of hydrogen-bond donors (Lipinski definition) is 1. The zero-order valence-corrected chi connectivity index (χ0v) is 9.45. The Morgan fingerprint density at radius 1 is 1.47 bits per heavy atom. The molecule has 1 aromatic rings. The molecule has 1 heterocycles. The first kappa shape index (κ1) is 11.8. The molecule has 1 aromatic heterocycles. The third-order valence-electron chi connectivity index (χ3n) is 2.37. The molecule has 1 atom stereocenters. The van der Waals surface area contributed by atoms with Gasteiger partial charge in [0.05, 0.1) is 0 Å². The summed E-state index contributed by atoms with van der Waals surface area (Å²) in [7, 11) is 0. The molecular weight excluding hydrogens is 184 g/mol. The van der Waals surface area contributed by atoms with Crippen molar-refractivity contribution < 1.29 is 0 Å². The molecule has 82 valence electrons. The van der Waals surface area contributed by atoms with Crippen LogP contribution in [0.3, 0.4) is 0 Å². The van der Waals surface area contributed by atoms with Crippen molar-refractivity contribution in [2.24, 2.45) is 0 Å². The summed E-state index contributed by atoms with van der Waals surface area (Å²) < 4.78 is 0. The Bertz CT molecular complexity index is 269. The molecule has 0 spiro atoms. The molecular formula is C13H20N2. The summed E-state index contributed by atoms with van der Waals surface area (Å²) in [6.45, 7) is 5.97. The summed E-state index contributed by atoms with van der Waals surface area (Å²) >= 11 is 0. The molecule has 0 radical (unpaired) electrons. The Balaban J connectivity index is 2.46. The smallest absolute Gasteiger partial charge is 0.126 e. The van der Waals surface area contributed by atoms with Gasteiger partial charge in [-0.1, -0.05) is 25.5 Å². The van der Waals surface area contributed by atoms with E-state index >= 15 is 0 Å². The lowest BCUT2D eigenvalue weighted by Crippen LogP contribution is -2.19. The number of pyridine rings is 1. The molecule has 2 heteroatoms. The van der Waals surface area contributed by atoms with Crippen LogP contribution in [0.1, 0.15) is 32.6 Å². The van der Waals surface area contributed by atoms with Gasteiger partial charge in [0.25, 0.3) is 0 Å². The molecule has 0 saturated carbocycles. The predicted molar refractivity (Wildman–Crippen MR) is 66.0 cm³/mol. The second-order valence-corrected chi connectivity index (χ2v) is 3.71. The lowest BCUT2D eigenvalue weighted by molar-refractivity contribution is 0.598. The molecule has 0 aliphatic rings. The number of nitrogens with zero attached hydrogens (tertiary/aromatic N) is 1. The van der Waals surface area contributed by atoms with E-state index in [9.17, 15) is 0 Å². The molecule has 0 amide bonds. The molecule has 0 aromatic carbocycles. The first-order chi connectivity index (χ1) is 7.36. The van der Waals surface area contributed by atoms with E-state index in [4.69, 9.17) is 0 Å². The van der Waals surface area contributed by atoms with Crippen LogP contribution in [0.2, 0.25) is 0 Å². The van der Waals surface area contributed by atoms with Gasteiger partial charge >= 0.3 is 0 Å². The quantitative estimate of drug-likeness (QED) is 0.686. The molecule has 0 aliphatic heterocycles. The monoisotopic (exact) mass is 204 g/mol. The summed E-state index contributed by atoms with van der Waals surface area (Å²) in [6, 6.07) is 6.47. The fourth-order valence-corrected chi connectivity index (χ4v) is 1.61. The van der Waals surface area contributed by atoms with Crippen molar-refractivity contribution in [3.63, 3.8) is 0 Å². The van der Waals surface area contributed by atoms with E-state index in [-0.39, 0.29) is 0 Å². The Morgan fingerprint density at radius 2 is 2.33 bits per heavy atom. The summed E-state index contributed by atoms with van der Waals surface area (Å²) in [5.74, 6) is 0.972. The fraction of sp³-hybridized carbons (Fsp3) is 0.462. The zero-order valence-electron chi connectivity index (χ0n) is 9.45. The molecule has 15 heavy (non-hydrogen) atoms. The van der Waals surface area contributed by atoms with Gasteiger partial charge in [0, 0.05) is 12.2 Å². The number of hydrogen-bond acceptors (Lipinski definition) is 2. The minimum atomic E-state index is 0.517. The number of rotatable bonds is 7. The second kappa shape index (κ2) is 7.04. The highest BCUT2D eigenvalue weighted by molar-refractivity contribution is 5.34. The van der Waals surface area contributed by atoms with Crippen LogP contribution in [-0.2, 0) is 0 Å². The minimum Gasteiger partial charge on any atom is -0.367 e. The summed E-state index contributed by atoms with van der Waals surface area (Å²) in [6.07, 6.45) is 8.37. The minimum absolute atomic E-state index is 0.517. The fourth-order valence-electron chi connectivity index (χ4n) is 1.61. The van der Waals surface area contributed by atoms with Gasteiger partial charge in [0.1, 0.15) is 5.82 Å². The number of aromatic nitrogens is 1. The van der Waals surface area contributed by atoms with Crippen molar-refractivity contribution in [1.29, 1.82) is 0 Å². The van der Waals surface area contributed by atoms with Crippen LogP contribution in [0.25, 0.3) is 0 Å². The highest BCUT2D eigenvalue weighted by Gasteiger charge is 2.06. The lowest BCUT2D eigenvalue weighted by Gasteiger charge is -2.17. The Morgan fingerprint density at radius 3 is 2.93 bits per heavy atom. The molecule has 1 unspecified atom stereocenters. The highest BCUT2D eigenvalue weighted by atomic mass is 15.0. The molecule has 1 N–H and O–H groups in total. The summed E-state index contributed by atoms with van der Waals surface area (Å²) in [5, 5.41) is 3.46. The first-order valence-corrected chi connectivity index (χ1v) is 5.65. The van der Waals surface area contributed by atoms with E-state index in [0.717, 1.165) is 18.7 Å². The van der Waals surface area contributed by atoms with Crippen molar-refractivity contribution in [3.05, 3.63) is 37.1 Å². The van der Waals surface area contributed by atoms with Gasteiger partial charge in [-0.25, -0.2) is 4.98 Å². The maximum Gasteiger partial charge on any atom is 0.126 e. The standard InChI is InChI=1S/C13H20N2/c1-3-5-9-12(8-4-2)15-13-10-6-7-11-14-13/h3,6-7,10-12H,1,4-5,8-9H2,2H3,(H,14,15). The van der Waals surface area contributed by atoms with E-state index < -0.39 is 0 Å². The molecule has 0 bridgehead atoms. The number of nitrogens with one attached hydrogen (secondary N) is 1. The number of anilines is 1. The van der Waals surface area contributed by atoms with Crippen LogP contribution in [0.15, 0.2) is 37.1 Å². The van der Waals surface area contributed by atoms with Crippen LogP contribution in [0, 0.1) is 0 Å². The summed E-state index contributed by atoms with van der Waals surface area (Å²) in [4.78, 5) is 4.27. The van der Waals surface area contributed by atoms with Crippen LogP contribution < -0.4 is 5.32 Å². The SMILES string of the molecule is C=CCCC(CCC)Nc1ccccn1. The highest BCUT2D eigenvalue weighted by Crippen LogP contribution is 2.11. The third-order valence-corrected chi connectivity index (χ3v) is 2.37. The lowest BCUT2D eigenvalue weighted by atomic mass is 10.1. The molecule has 0 fully saturated rings. The maximum absolute atomic E-state index is 4.27. The van der Waals surface area contributed by atoms with Gasteiger partial charge in [-0.15, -0.1) is 6.58 Å². The number of allylic oxidation sites excluding steroid dienone is 1. The Hall–Kier alpha value is -1.31. The van der Waals surface area contributed by atoms with Crippen LogP contribution in [0.4, 0.5) is 5.82 Å². The average molecular weight is 204 g/mol. The van der Waals surface area contributed by atoms with Gasteiger partial charge < -0.3 is 5.32 Å². The van der Waals surface area contributed by atoms with E-state index in [1.807, 2.05) is 30.5 Å². The second-order valence-electron chi connectivity index (χ2n) is 3.71. The van der Waals surface area contributed by atoms with Gasteiger partial charge in [-0.3, -0.25) is 0 Å². The van der Waals surface area contributed by atoms with Crippen molar-refractivity contribution >= 4 is 5.82 Å². The van der Waals surface area contributed by atoms with E-state index in [1.165, 1.54) is 12.8 Å². The van der Waals surface area contributed by atoms with Crippen molar-refractivity contribution in [1.82, 2.24) is 4.98 Å². The van der Waals surface area contributed by atoms with E-state index in [2.05, 4.69) is 23.8 Å². The van der Waals surface area contributed by atoms with Crippen LogP contribution >= 0.6 is 0 Å². The zero-order chi connectivity index (χ0) is 10.9.